The molecule has 1 nitrogen and oxygen atoms in total. The van der Waals surface area contributed by atoms with Crippen molar-refractivity contribution in [1.82, 2.24) is 4.57 Å². The minimum absolute atomic E-state index is 0.494. The highest BCUT2D eigenvalue weighted by atomic mass is 15.0. The zero-order valence-corrected chi connectivity index (χ0v) is 8.70. The van der Waals surface area contributed by atoms with E-state index in [1.807, 2.05) is 6.08 Å². The number of nitrogens with zero attached hydrogens (tertiary/aromatic N) is 1. The van der Waals surface area contributed by atoms with Gasteiger partial charge in [0.05, 0.1) is 5.52 Å². The van der Waals surface area contributed by atoms with Crippen molar-refractivity contribution < 1.29 is 0 Å². The summed E-state index contributed by atoms with van der Waals surface area (Å²) in [5.41, 5.74) is 2.50. The molecule has 0 unspecified atom stereocenters. The molecule has 0 aliphatic heterocycles. The Kier molecular flexibility index (Phi) is 2.16. The highest BCUT2D eigenvalue weighted by Gasteiger charge is 2.05. The Morgan fingerprint density at radius 3 is 2.71 bits per heavy atom. The van der Waals surface area contributed by atoms with Crippen LogP contribution in [0.2, 0.25) is 0 Å². The van der Waals surface area contributed by atoms with Gasteiger partial charge in [-0.25, -0.2) is 0 Å². The number of aromatic nitrogens is 1. The molecule has 0 N–H and O–H groups in total. The topological polar surface area (TPSA) is 4.93 Å². The van der Waals surface area contributed by atoms with E-state index < -0.39 is 0 Å². The van der Waals surface area contributed by atoms with Crippen LogP contribution >= 0.6 is 0 Å². The highest BCUT2D eigenvalue weighted by Crippen LogP contribution is 2.24. The monoisotopic (exact) mass is 185 g/mol. The third kappa shape index (κ3) is 1.25. The molecule has 14 heavy (non-hydrogen) atoms. The van der Waals surface area contributed by atoms with Gasteiger partial charge in [0.15, 0.2) is 0 Å². The van der Waals surface area contributed by atoms with Gasteiger partial charge < -0.3 is 4.57 Å². The second-order valence-corrected chi connectivity index (χ2v) is 3.81. The largest absolute Gasteiger partial charge is 0.344 e. The van der Waals surface area contributed by atoms with Crippen LogP contribution in [0.25, 0.3) is 17.0 Å². The molecule has 1 heterocycles. The van der Waals surface area contributed by atoms with Crippen LogP contribution in [0.1, 0.15) is 25.5 Å². The summed E-state index contributed by atoms with van der Waals surface area (Å²) >= 11 is 0. The summed E-state index contributed by atoms with van der Waals surface area (Å²) in [6, 6.07) is 8.97. The van der Waals surface area contributed by atoms with E-state index in [0.717, 1.165) is 0 Å². The first-order chi connectivity index (χ1) is 6.74. The van der Waals surface area contributed by atoms with E-state index in [2.05, 4.69) is 55.5 Å². The van der Waals surface area contributed by atoms with Crippen LogP contribution in [0.15, 0.2) is 37.0 Å². The number of hydrogen-bond donors (Lipinski definition) is 0. The molecule has 0 bridgehead atoms. The fourth-order valence-corrected chi connectivity index (χ4v) is 1.84. The first-order valence-electron chi connectivity index (χ1n) is 4.96. The Morgan fingerprint density at radius 1 is 1.29 bits per heavy atom. The molecule has 72 valence electrons. The second kappa shape index (κ2) is 3.33. The fourth-order valence-electron chi connectivity index (χ4n) is 1.84. The number of para-hydroxylation sites is 1. The van der Waals surface area contributed by atoms with Gasteiger partial charge in [0.2, 0.25) is 0 Å². The van der Waals surface area contributed by atoms with Gasteiger partial charge in [-0.3, -0.25) is 0 Å². The van der Waals surface area contributed by atoms with Gasteiger partial charge in [-0.2, -0.15) is 0 Å². The third-order valence-corrected chi connectivity index (χ3v) is 2.55. The summed E-state index contributed by atoms with van der Waals surface area (Å²) in [5, 5.41) is 1.29. The minimum atomic E-state index is 0.494. The number of hydrogen-bond acceptors (Lipinski definition) is 0. The molecular formula is C13H15N. The fraction of sp³-hybridized carbons (Fsp3) is 0.231. The molecule has 0 aliphatic rings. The van der Waals surface area contributed by atoms with Crippen LogP contribution in [0, 0.1) is 0 Å². The van der Waals surface area contributed by atoms with Crippen molar-refractivity contribution in [3.8, 4) is 0 Å². The summed E-state index contributed by atoms with van der Waals surface area (Å²) in [6.45, 7) is 8.24. The number of fused-ring (bicyclic) bond motifs is 1. The molecule has 1 aromatic carbocycles. The number of benzene rings is 1. The Morgan fingerprint density at radius 2 is 2.07 bits per heavy atom. The summed E-state index contributed by atoms with van der Waals surface area (Å²) in [5.74, 6) is 0. The zero-order valence-electron chi connectivity index (χ0n) is 8.70. The molecule has 2 rings (SSSR count). The van der Waals surface area contributed by atoms with E-state index in [4.69, 9.17) is 0 Å². The van der Waals surface area contributed by atoms with Gasteiger partial charge in [-0.15, -0.1) is 0 Å². The maximum Gasteiger partial charge on any atom is 0.0556 e. The average molecular weight is 185 g/mol. The molecule has 0 radical (unpaired) electrons. The zero-order chi connectivity index (χ0) is 10.1. The van der Waals surface area contributed by atoms with Crippen LogP contribution in [0.5, 0.6) is 0 Å². The molecular weight excluding hydrogens is 170 g/mol. The standard InChI is InChI=1S/C13H15N/c1-4-11-6-5-7-12-8-9-14(10(2)3)13(11)12/h4-10H,1H2,2-3H3. The second-order valence-electron chi connectivity index (χ2n) is 3.81. The van der Waals surface area contributed by atoms with Gasteiger partial charge in [-0.05, 0) is 25.5 Å². The Balaban J connectivity index is 2.80. The van der Waals surface area contributed by atoms with Crippen LogP contribution in [-0.4, -0.2) is 4.57 Å². The molecule has 1 aromatic heterocycles. The molecule has 2 aromatic rings. The van der Waals surface area contributed by atoms with Crippen LogP contribution < -0.4 is 0 Å². The van der Waals surface area contributed by atoms with Gasteiger partial charge >= 0.3 is 0 Å². The van der Waals surface area contributed by atoms with E-state index >= 15 is 0 Å². The van der Waals surface area contributed by atoms with E-state index in [0.29, 0.717) is 6.04 Å². The molecule has 0 amide bonds. The van der Waals surface area contributed by atoms with Crippen molar-refractivity contribution in [3.63, 3.8) is 0 Å². The van der Waals surface area contributed by atoms with Crippen molar-refractivity contribution in [2.45, 2.75) is 19.9 Å². The van der Waals surface area contributed by atoms with E-state index in [9.17, 15) is 0 Å². The van der Waals surface area contributed by atoms with Gasteiger partial charge in [0.1, 0.15) is 0 Å². The normalized spacial score (nSPS) is 11.1. The van der Waals surface area contributed by atoms with Crippen molar-refractivity contribution in [3.05, 3.63) is 42.6 Å². The predicted molar refractivity (Wildman–Crippen MR) is 62.4 cm³/mol. The van der Waals surface area contributed by atoms with Crippen molar-refractivity contribution in [2.24, 2.45) is 0 Å². The van der Waals surface area contributed by atoms with Crippen LogP contribution in [-0.2, 0) is 0 Å². The van der Waals surface area contributed by atoms with E-state index in [-0.39, 0.29) is 0 Å². The number of rotatable bonds is 2. The van der Waals surface area contributed by atoms with Gasteiger partial charge in [0.25, 0.3) is 0 Å². The molecule has 1 heteroatoms. The average Bonchev–Trinajstić information content (AvgIpc) is 2.60. The van der Waals surface area contributed by atoms with E-state index in [1.54, 1.807) is 0 Å². The van der Waals surface area contributed by atoms with Crippen molar-refractivity contribution >= 4 is 17.0 Å². The smallest absolute Gasteiger partial charge is 0.0556 e. The molecule has 0 saturated carbocycles. The Bertz CT molecular complexity index is 463. The lowest BCUT2D eigenvalue weighted by molar-refractivity contribution is 0.622. The van der Waals surface area contributed by atoms with E-state index in [1.165, 1.54) is 16.5 Å². The lowest BCUT2D eigenvalue weighted by Gasteiger charge is -2.11. The van der Waals surface area contributed by atoms with Gasteiger partial charge in [-0.1, -0.05) is 30.9 Å². The quantitative estimate of drug-likeness (QED) is 0.669. The highest BCUT2D eigenvalue weighted by molar-refractivity contribution is 5.88. The maximum atomic E-state index is 3.85. The van der Waals surface area contributed by atoms with Gasteiger partial charge in [0, 0.05) is 17.6 Å². The lowest BCUT2D eigenvalue weighted by atomic mass is 10.1. The molecule has 0 atom stereocenters. The Hall–Kier alpha value is -1.50. The first-order valence-corrected chi connectivity index (χ1v) is 4.96. The molecule has 0 saturated heterocycles. The first kappa shape index (κ1) is 9.07. The molecule has 0 aliphatic carbocycles. The summed E-state index contributed by atoms with van der Waals surface area (Å²) in [4.78, 5) is 0. The Labute approximate surface area is 84.7 Å². The molecule has 0 fully saturated rings. The molecule has 0 spiro atoms. The third-order valence-electron chi connectivity index (χ3n) is 2.55. The SMILES string of the molecule is C=Cc1cccc2ccn(C(C)C)c12. The maximum absolute atomic E-state index is 3.85. The van der Waals surface area contributed by atoms with Crippen molar-refractivity contribution in [2.75, 3.05) is 0 Å². The summed E-state index contributed by atoms with van der Waals surface area (Å²) in [7, 11) is 0. The minimum Gasteiger partial charge on any atom is -0.344 e. The van der Waals surface area contributed by atoms with Crippen LogP contribution in [0.4, 0.5) is 0 Å². The van der Waals surface area contributed by atoms with Crippen molar-refractivity contribution in [1.29, 1.82) is 0 Å². The summed E-state index contributed by atoms with van der Waals surface area (Å²) < 4.78 is 2.28. The summed E-state index contributed by atoms with van der Waals surface area (Å²) in [6.07, 6.45) is 4.06. The van der Waals surface area contributed by atoms with Crippen LogP contribution in [0.3, 0.4) is 0 Å². The predicted octanol–water partition coefficient (Wildman–Crippen LogP) is 3.87. The lowest BCUT2D eigenvalue weighted by Crippen LogP contribution is -1.99.